The molecule has 10 aromatic rings. The summed E-state index contributed by atoms with van der Waals surface area (Å²) < 4.78 is 2.37. The van der Waals surface area contributed by atoms with Gasteiger partial charge in [0.05, 0.1) is 16.4 Å². The maximum atomic E-state index is 2.51. The molecule has 1 spiro atoms. The van der Waals surface area contributed by atoms with Crippen molar-refractivity contribution in [2.24, 2.45) is 0 Å². The van der Waals surface area contributed by atoms with Gasteiger partial charge in [-0.1, -0.05) is 194 Å². The fourth-order valence-corrected chi connectivity index (χ4v) is 10.3. The number of nitrogens with zero attached hydrogens (tertiary/aromatic N) is 1. The van der Waals surface area contributed by atoms with Gasteiger partial charge in [-0.05, 0) is 115 Å². The van der Waals surface area contributed by atoms with Gasteiger partial charge in [0.2, 0.25) is 0 Å². The van der Waals surface area contributed by atoms with Gasteiger partial charge in [0.25, 0.3) is 0 Å². The van der Waals surface area contributed by atoms with Crippen LogP contribution in [0.15, 0.2) is 218 Å². The minimum absolute atomic E-state index is 0.346. The Kier molecular flexibility index (Phi) is 7.58. The van der Waals surface area contributed by atoms with E-state index in [1.165, 1.54) is 105 Å². The highest BCUT2D eigenvalue weighted by Gasteiger charge is 2.51. The van der Waals surface area contributed by atoms with Crippen LogP contribution >= 0.6 is 0 Å². The van der Waals surface area contributed by atoms with Crippen molar-refractivity contribution in [3.63, 3.8) is 0 Å². The predicted octanol–water partition coefficient (Wildman–Crippen LogP) is 14.6. The molecule has 1 aromatic heterocycles. The average molecular weight is 750 g/mol. The summed E-state index contributed by atoms with van der Waals surface area (Å²) in [5.74, 6) is 0. The first kappa shape index (κ1) is 33.6. The summed E-state index contributed by atoms with van der Waals surface area (Å²) in [4.78, 5) is 0. The number of allylic oxidation sites excluding steroid dienone is 1. The van der Waals surface area contributed by atoms with E-state index in [1.54, 1.807) is 0 Å². The summed E-state index contributed by atoms with van der Waals surface area (Å²) >= 11 is 0. The first-order valence-electron chi connectivity index (χ1n) is 20.6. The Morgan fingerprint density at radius 2 is 0.949 bits per heavy atom. The van der Waals surface area contributed by atoms with E-state index in [0.717, 1.165) is 6.42 Å². The summed E-state index contributed by atoms with van der Waals surface area (Å²) in [6.45, 7) is 0. The molecular weight excluding hydrogens is 711 g/mol. The zero-order valence-corrected chi connectivity index (χ0v) is 32.5. The Morgan fingerprint density at radius 1 is 0.407 bits per heavy atom. The molecular formula is C58H39N. The number of para-hydroxylation sites is 2. The molecule has 9 aromatic carbocycles. The summed E-state index contributed by atoms with van der Waals surface area (Å²) in [5, 5.41) is 2.53. The largest absolute Gasteiger partial charge is 0.309 e. The molecule has 59 heavy (non-hydrogen) atoms. The van der Waals surface area contributed by atoms with Crippen molar-refractivity contribution in [3.05, 3.63) is 257 Å². The standard InChI is InChI=1S/C58H39N/c1-3-15-41(16-4-1)44(35-39-27-30-42(31-28-39)43-32-34-57-51(38-43)50-22-10-14-26-56(50)59(57)45-17-5-2-6-18-45)36-40-29-33-49-48-21-9-13-25-54(48)58(55(49)37-40)52-23-11-7-19-46(52)47-20-8-12-24-53(47)58/h1-35,37-38H,36H2/b44-35+. The number of hydrogen-bond donors (Lipinski definition) is 0. The highest BCUT2D eigenvalue weighted by Crippen LogP contribution is 2.62. The summed E-state index contributed by atoms with van der Waals surface area (Å²) in [7, 11) is 0. The third-order valence-electron chi connectivity index (χ3n) is 12.9. The first-order chi connectivity index (χ1) is 29.3. The number of hydrogen-bond acceptors (Lipinski definition) is 0. The van der Waals surface area contributed by atoms with Crippen molar-refractivity contribution >= 4 is 33.5 Å². The Balaban J connectivity index is 0.933. The van der Waals surface area contributed by atoms with E-state index in [9.17, 15) is 0 Å². The molecule has 0 unspecified atom stereocenters. The lowest BCUT2D eigenvalue weighted by molar-refractivity contribution is 0.792. The summed E-state index contributed by atoms with van der Waals surface area (Å²) in [5.41, 5.74) is 21.6. The maximum absolute atomic E-state index is 2.51. The van der Waals surface area contributed by atoms with E-state index in [-0.39, 0.29) is 5.41 Å². The van der Waals surface area contributed by atoms with Crippen molar-refractivity contribution in [1.82, 2.24) is 4.57 Å². The van der Waals surface area contributed by atoms with E-state index in [2.05, 4.69) is 229 Å². The van der Waals surface area contributed by atoms with Crippen LogP contribution in [0.5, 0.6) is 0 Å². The lowest BCUT2D eigenvalue weighted by Crippen LogP contribution is -2.26. The second kappa shape index (κ2) is 13.3. The monoisotopic (exact) mass is 749 g/mol. The second-order valence-electron chi connectivity index (χ2n) is 16.0. The van der Waals surface area contributed by atoms with Crippen LogP contribution in [0.4, 0.5) is 0 Å². The van der Waals surface area contributed by atoms with Gasteiger partial charge in [-0.2, -0.15) is 0 Å². The molecule has 0 atom stereocenters. The Labute approximate surface area is 344 Å². The van der Waals surface area contributed by atoms with E-state index < -0.39 is 0 Å². The van der Waals surface area contributed by atoms with Crippen LogP contribution in [0.3, 0.4) is 0 Å². The van der Waals surface area contributed by atoms with Crippen LogP contribution in [0.2, 0.25) is 0 Å². The van der Waals surface area contributed by atoms with Crippen molar-refractivity contribution < 1.29 is 0 Å². The van der Waals surface area contributed by atoms with Gasteiger partial charge in [-0.25, -0.2) is 0 Å². The molecule has 0 radical (unpaired) electrons. The normalized spacial score (nSPS) is 13.4. The highest BCUT2D eigenvalue weighted by molar-refractivity contribution is 6.10. The third kappa shape index (κ3) is 5.11. The van der Waals surface area contributed by atoms with E-state index in [0.29, 0.717) is 0 Å². The Bertz CT molecular complexity index is 3210. The average Bonchev–Trinajstić information content (AvgIpc) is 3.91. The molecule has 1 nitrogen and oxygen atoms in total. The van der Waals surface area contributed by atoms with Gasteiger partial charge in [0.1, 0.15) is 0 Å². The molecule has 0 amide bonds. The molecule has 0 bridgehead atoms. The molecule has 0 fully saturated rings. The van der Waals surface area contributed by atoms with Crippen LogP contribution in [-0.2, 0) is 11.8 Å². The minimum Gasteiger partial charge on any atom is -0.309 e. The molecule has 0 saturated carbocycles. The van der Waals surface area contributed by atoms with E-state index >= 15 is 0 Å². The summed E-state index contributed by atoms with van der Waals surface area (Å²) in [6.07, 6.45) is 3.20. The molecule has 1 heteroatoms. The van der Waals surface area contributed by atoms with Gasteiger partial charge in [-0.15, -0.1) is 0 Å². The third-order valence-corrected chi connectivity index (χ3v) is 12.9. The maximum Gasteiger partial charge on any atom is 0.0725 e. The SMILES string of the molecule is C(=C(/Cc1ccc2c(c1)C1(c3ccccc3-c3ccccc31)c1ccccc1-2)c1ccccc1)/c1ccc(-c2ccc3c(c2)c2ccccc2n3-c2ccccc2)cc1. The predicted molar refractivity (Wildman–Crippen MR) is 247 cm³/mol. The smallest absolute Gasteiger partial charge is 0.0725 e. The van der Waals surface area contributed by atoms with Crippen LogP contribution in [0, 0.1) is 0 Å². The van der Waals surface area contributed by atoms with Crippen LogP contribution in [0.25, 0.3) is 72.5 Å². The molecule has 0 saturated heterocycles. The van der Waals surface area contributed by atoms with Crippen LogP contribution in [-0.4, -0.2) is 4.57 Å². The topological polar surface area (TPSA) is 4.93 Å². The van der Waals surface area contributed by atoms with Gasteiger partial charge >= 0.3 is 0 Å². The van der Waals surface area contributed by atoms with Gasteiger partial charge in [-0.3, -0.25) is 0 Å². The van der Waals surface area contributed by atoms with Crippen molar-refractivity contribution in [3.8, 4) is 39.1 Å². The number of benzene rings is 9. The fraction of sp³-hybridized carbons (Fsp3) is 0.0345. The zero-order valence-electron chi connectivity index (χ0n) is 32.5. The molecule has 276 valence electrons. The van der Waals surface area contributed by atoms with E-state index in [1.807, 2.05) is 0 Å². The second-order valence-corrected chi connectivity index (χ2v) is 16.0. The van der Waals surface area contributed by atoms with Gasteiger partial charge in [0.15, 0.2) is 0 Å². The first-order valence-corrected chi connectivity index (χ1v) is 20.6. The number of aromatic nitrogens is 1. The van der Waals surface area contributed by atoms with Crippen molar-refractivity contribution in [1.29, 1.82) is 0 Å². The van der Waals surface area contributed by atoms with Crippen LogP contribution < -0.4 is 0 Å². The quantitative estimate of drug-likeness (QED) is 0.149. The van der Waals surface area contributed by atoms with E-state index in [4.69, 9.17) is 0 Å². The van der Waals surface area contributed by atoms with Crippen LogP contribution in [0.1, 0.15) is 38.9 Å². The Morgan fingerprint density at radius 3 is 1.63 bits per heavy atom. The van der Waals surface area contributed by atoms with Gasteiger partial charge in [0, 0.05) is 16.5 Å². The zero-order chi connectivity index (χ0) is 38.9. The van der Waals surface area contributed by atoms with Crippen molar-refractivity contribution in [2.45, 2.75) is 11.8 Å². The molecule has 2 aliphatic carbocycles. The molecule has 0 aliphatic heterocycles. The summed E-state index contributed by atoms with van der Waals surface area (Å²) in [6, 6.07) is 80.7. The van der Waals surface area contributed by atoms with Gasteiger partial charge < -0.3 is 4.57 Å². The number of rotatable bonds is 6. The molecule has 0 N–H and O–H groups in total. The molecule has 12 rings (SSSR count). The lowest BCUT2D eigenvalue weighted by atomic mass is 9.70. The highest BCUT2D eigenvalue weighted by atomic mass is 15.0. The Hall–Kier alpha value is -7.48. The number of fused-ring (bicyclic) bond motifs is 13. The molecule has 2 aliphatic rings. The minimum atomic E-state index is -0.346. The lowest BCUT2D eigenvalue weighted by Gasteiger charge is -2.30. The molecule has 1 heterocycles. The fourth-order valence-electron chi connectivity index (χ4n) is 10.3. The van der Waals surface area contributed by atoms with Crippen molar-refractivity contribution in [2.75, 3.05) is 0 Å².